The summed E-state index contributed by atoms with van der Waals surface area (Å²) in [5.74, 6) is 0.630. The van der Waals surface area contributed by atoms with E-state index in [4.69, 9.17) is 0 Å². The molecule has 4 heteroatoms. The van der Waals surface area contributed by atoms with Crippen LogP contribution in [-0.2, 0) is 4.79 Å². The molecule has 2 aliphatic heterocycles. The van der Waals surface area contributed by atoms with Crippen molar-refractivity contribution in [2.75, 3.05) is 40.3 Å². The molecule has 0 aromatic carbocycles. The van der Waals surface area contributed by atoms with E-state index in [0.29, 0.717) is 11.9 Å². The maximum absolute atomic E-state index is 12.3. The number of carbonyl (C=O) groups excluding carboxylic acids is 1. The molecule has 0 saturated carbocycles. The molecule has 1 amide bonds. The zero-order valence-corrected chi connectivity index (χ0v) is 10.4. The first-order chi connectivity index (χ1) is 7.70. The van der Waals surface area contributed by atoms with E-state index in [1.54, 1.807) is 0 Å². The van der Waals surface area contributed by atoms with E-state index in [0.717, 1.165) is 39.0 Å². The number of amides is 1. The Morgan fingerprint density at radius 3 is 2.69 bits per heavy atom. The van der Waals surface area contributed by atoms with Gasteiger partial charge in [0.25, 0.3) is 0 Å². The van der Waals surface area contributed by atoms with Crippen molar-refractivity contribution in [3.8, 4) is 0 Å². The van der Waals surface area contributed by atoms with E-state index in [-0.39, 0.29) is 5.92 Å². The molecule has 0 spiro atoms. The number of likely N-dealkylation sites (N-methyl/N-ethyl adjacent to an activating group) is 1. The fraction of sp³-hybridized carbons (Fsp3) is 0.917. The van der Waals surface area contributed by atoms with Crippen LogP contribution >= 0.6 is 0 Å². The van der Waals surface area contributed by atoms with Gasteiger partial charge in [-0.25, -0.2) is 0 Å². The Bertz CT molecular complexity index is 257. The highest BCUT2D eigenvalue weighted by molar-refractivity contribution is 5.79. The smallest absolute Gasteiger partial charge is 0.227 e. The minimum absolute atomic E-state index is 0.251. The molecule has 0 aromatic rings. The molecule has 0 bridgehead atoms. The van der Waals surface area contributed by atoms with Crippen molar-refractivity contribution in [3.05, 3.63) is 0 Å². The first-order valence-corrected chi connectivity index (χ1v) is 6.35. The predicted molar refractivity (Wildman–Crippen MR) is 64.3 cm³/mol. The zero-order chi connectivity index (χ0) is 11.5. The van der Waals surface area contributed by atoms with Gasteiger partial charge in [0.15, 0.2) is 0 Å². The lowest BCUT2D eigenvalue weighted by Crippen LogP contribution is -2.49. The summed E-state index contributed by atoms with van der Waals surface area (Å²) in [7, 11) is 4.09. The van der Waals surface area contributed by atoms with E-state index in [2.05, 4.69) is 22.2 Å². The third kappa shape index (κ3) is 2.55. The SMILES string of the molecule is CNC1CCCN(C(=O)C2CCN(C)C2)C1. The van der Waals surface area contributed by atoms with Gasteiger partial charge in [-0.15, -0.1) is 0 Å². The van der Waals surface area contributed by atoms with Crippen LogP contribution in [0, 0.1) is 5.92 Å². The molecule has 2 aliphatic rings. The minimum Gasteiger partial charge on any atom is -0.341 e. The second kappa shape index (κ2) is 5.15. The van der Waals surface area contributed by atoms with Gasteiger partial charge < -0.3 is 15.1 Å². The van der Waals surface area contributed by atoms with Gasteiger partial charge in [-0.1, -0.05) is 0 Å². The molecule has 2 rings (SSSR count). The minimum atomic E-state index is 0.251. The number of rotatable bonds is 2. The number of carbonyl (C=O) groups is 1. The van der Waals surface area contributed by atoms with Gasteiger partial charge in [0.2, 0.25) is 5.91 Å². The molecule has 2 fully saturated rings. The lowest BCUT2D eigenvalue weighted by atomic mass is 10.0. The van der Waals surface area contributed by atoms with Crippen molar-refractivity contribution in [2.45, 2.75) is 25.3 Å². The molecule has 92 valence electrons. The van der Waals surface area contributed by atoms with E-state index in [1.165, 1.54) is 6.42 Å². The van der Waals surface area contributed by atoms with Crippen molar-refractivity contribution >= 4 is 5.91 Å². The number of nitrogens with zero attached hydrogens (tertiary/aromatic N) is 2. The van der Waals surface area contributed by atoms with Crippen molar-refractivity contribution in [2.24, 2.45) is 5.92 Å². The van der Waals surface area contributed by atoms with Crippen LogP contribution in [0.1, 0.15) is 19.3 Å². The van der Waals surface area contributed by atoms with E-state index >= 15 is 0 Å². The maximum Gasteiger partial charge on any atom is 0.227 e. The van der Waals surface area contributed by atoms with E-state index in [1.807, 2.05) is 7.05 Å². The summed E-state index contributed by atoms with van der Waals surface area (Å²) in [4.78, 5) is 16.6. The van der Waals surface area contributed by atoms with Crippen LogP contribution in [0.15, 0.2) is 0 Å². The summed E-state index contributed by atoms with van der Waals surface area (Å²) in [6.45, 7) is 3.87. The molecular weight excluding hydrogens is 202 g/mol. The van der Waals surface area contributed by atoms with E-state index < -0.39 is 0 Å². The highest BCUT2D eigenvalue weighted by Crippen LogP contribution is 2.19. The molecule has 2 unspecified atom stereocenters. The molecule has 2 atom stereocenters. The number of likely N-dealkylation sites (tertiary alicyclic amines) is 2. The quantitative estimate of drug-likeness (QED) is 0.726. The Morgan fingerprint density at radius 2 is 2.06 bits per heavy atom. The average Bonchev–Trinajstić information content (AvgIpc) is 2.75. The normalized spacial score (nSPS) is 32.0. The first-order valence-electron chi connectivity index (χ1n) is 6.35. The number of piperidine rings is 1. The highest BCUT2D eigenvalue weighted by Gasteiger charge is 2.31. The zero-order valence-electron chi connectivity index (χ0n) is 10.4. The van der Waals surface area contributed by atoms with Gasteiger partial charge in [-0.2, -0.15) is 0 Å². The fourth-order valence-corrected chi connectivity index (χ4v) is 2.81. The summed E-state index contributed by atoms with van der Waals surface area (Å²) in [5.41, 5.74) is 0. The second-order valence-electron chi connectivity index (χ2n) is 5.16. The molecule has 4 nitrogen and oxygen atoms in total. The summed E-state index contributed by atoms with van der Waals surface area (Å²) >= 11 is 0. The van der Waals surface area contributed by atoms with Crippen LogP contribution in [-0.4, -0.2) is 62.0 Å². The molecular formula is C12H23N3O. The third-order valence-electron chi connectivity index (χ3n) is 3.88. The van der Waals surface area contributed by atoms with Gasteiger partial charge in [0.1, 0.15) is 0 Å². The van der Waals surface area contributed by atoms with Gasteiger partial charge in [0.05, 0.1) is 5.92 Å². The standard InChI is InChI=1S/C12H23N3O/c1-13-11-4-3-6-15(9-11)12(16)10-5-7-14(2)8-10/h10-11,13H,3-9H2,1-2H3. The van der Waals surface area contributed by atoms with Crippen LogP contribution < -0.4 is 5.32 Å². The molecule has 2 heterocycles. The molecule has 0 aromatic heterocycles. The summed E-state index contributed by atoms with van der Waals surface area (Å²) < 4.78 is 0. The fourth-order valence-electron chi connectivity index (χ4n) is 2.81. The van der Waals surface area contributed by atoms with Crippen molar-refractivity contribution in [1.82, 2.24) is 15.1 Å². The third-order valence-corrected chi connectivity index (χ3v) is 3.88. The molecule has 0 radical (unpaired) electrons. The molecule has 2 saturated heterocycles. The Morgan fingerprint density at radius 1 is 1.25 bits per heavy atom. The lowest BCUT2D eigenvalue weighted by molar-refractivity contribution is -0.136. The Balaban J connectivity index is 1.89. The summed E-state index contributed by atoms with van der Waals surface area (Å²) in [6.07, 6.45) is 3.38. The largest absolute Gasteiger partial charge is 0.341 e. The monoisotopic (exact) mass is 225 g/mol. The van der Waals surface area contributed by atoms with Crippen LogP contribution in [0.5, 0.6) is 0 Å². The lowest BCUT2D eigenvalue weighted by Gasteiger charge is -2.34. The molecule has 1 N–H and O–H groups in total. The Hall–Kier alpha value is -0.610. The number of hydrogen-bond donors (Lipinski definition) is 1. The van der Waals surface area contributed by atoms with Crippen LogP contribution in [0.25, 0.3) is 0 Å². The highest BCUT2D eigenvalue weighted by atomic mass is 16.2. The molecule has 0 aliphatic carbocycles. The van der Waals surface area contributed by atoms with Crippen molar-refractivity contribution < 1.29 is 4.79 Å². The number of hydrogen-bond acceptors (Lipinski definition) is 3. The van der Waals surface area contributed by atoms with Gasteiger partial charge >= 0.3 is 0 Å². The van der Waals surface area contributed by atoms with Crippen LogP contribution in [0.3, 0.4) is 0 Å². The number of nitrogens with one attached hydrogen (secondary N) is 1. The van der Waals surface area contributed by atoms with E-state index in [9.17, 15) is 4.79 Å². The van der Waals surface area contributed by atoms with Gasteiger partial charge in [-0.05, 0) is 39.9 Å². The van der Waals surface area contributed by atoms with Crippen LogP contribution in [0.4, 0.5) is 0 Å². The Labute approximate surface area is 98.0 Å². The Kier molecular flexibility index (Phi) is 3.82. The summed E-state index contributed by atoms with van der Waals surface area (Å²) in [5, 5.41) is 3.28. The second-order valence-corrected chi connectivity index (χ2v) is 5.16. The predicted octanol–water partition coefficient (Wildman–Crippen LogP) is 0.149. The van der Waals surface area contributed by atoms with Gasteiger partial charge in [0, 0.05) is 25.7 Å². The van der Waals surface area contributed by atoms with Crippen LogP contribution in [0.2, 0.25) is 0 Å². The maximum atomic E-state index is 12.3. The van der Waals surface area contributed by atoms with Crippen molar-refractivity contribution in [1.29, 1.82) is 0 Å². The average molecular weight is 225 g/mol. The first kappa shape index (κ1) is 11.9. The topological polar surface area (TPSA) is 35.6 Å². The van der Waals surface area contributed by atoms with Gasteiger partial charge in [-0.3, -0.25) is 4.79 Å². The summed E-state index contributed by atoms with van der Waals surface area (Å²) in [6, 6.07) is 0.497. The van der Waals surface area contributed by atoms with Crippen molar-refractivity contribution in [3.63, 3.8) is 0 Å². The molecule has 16 heavy (non-hydrogen) atoms.